The third-order valence-corrected chi connectivity index (χ3v) is 2.84. The molecule has 1 unspecified atom stereocenters. The van der Waals surface area contributed by atoms with Crippen molar-refractivity contribution in [3.8, 4) is 5.75 Å². The molecule has 1 atom stereocenters. The minimum Gasteiger partial charge on any atom is -0.494 e. The lowest BCUT2D eigenvalue weighted by Gasteiger charge is -2.19. The minimum atomic E-state index is 0.359. The van der Waals surface area contributed by atoms with E-state index in [1.807, 2.05) is 32.2 Å². The number of benzene rings is 1. The van der Waals surface area contributed by atoms with Gasteiger partial charge >= 0.3 is 0 Å². The lowest BCUT2D eigenvalue weighted by Crippen LogP contribution is -2.17. The van der Waals surface area contributed by atoms with E-state index in [1.165, 1.54) is 5.56 Å². The van der Waals surface area contributed by atoms with Gasteiger partial charge in [0.2, 0.25) is 0 Å². The largest absolute Gasteiger partial charge is 0.494 e. The summed E-state index contributed by atoms with van der Waals surface area (Å²) in [5, 5.41) is 3.36. The Morgan fingerprint density at radius 1 is 1.41 bits per heavy atom. The van der Waals surface area contributed by atoms with Gasteiger partial charge in [-0.2, -0.15) is 0 Å². The first kappa shape index (κ1) is 13.8. The van der Waals surface area contributed by atoms with Crippen molar-refractivity contribution in [1.29, 1.82) is 0 Å². The van der Waals surface area contributed by atoms with E-state index in [2.05, 4.69) is 24.0 Å². The molecule has 17 heavy (non-hydrogen) atoms. The summed E-state index contributed by atoms with van der Waals surface area (Å²) in [5.41, 5.74) is 1.25. The Morgan fingerprint density at radius 2 is 2.18 bits per heavy atom. The third kappa shape index (κ3) is 4.23. The quantitative estimate of drug-likeness (QED) is 0.546. The molecule has 2 nitrogen and oxygen atoms in total. The number of ether oxygens (including phenoxy) is 1. The molecule has 0 bridgehead atoms. The van der Waals surface area contributed by atoms with Gasteiger partial charge in [0, 0.05) is 11.6 Å². The van der Waals surface area contributed by atoms with E-state index < -0.39 is 0 Å². The fraction of sp³-hybridized carbons (Fsp3) is 0.467. The van der Waals surface area contributed by atoms with Gasteiger partial charge in [0.15, 0.2) is 0 Å². The summed E-state index contributed by atoms with van der Waals surface area (Å²) >= 11 is 0. The predicted molar refractivity (Wildman–Crippen MR) is 73.5 cm³/mol. The van der Waals surface area contributed by atoms with Crippen molar-refractivity contribution in [2.75, 3.05) is 13.7 Å². The third-order valence-electron chi connectivity index (χ3n) is 2.84. The predicted octanol–water partition coefficient (Wildman–Crippen LogP) is 3.70. The van der Waals surface area contributed by atoms with Gasteiger partial charge in [-0.05, 0) is 39.3 Å². The van der Waals surface area contributed by atoms with Crippen LogP contribution in [0.25, 0.3) is 0 Å². The van der Waals surface area contributed by atoms with Crippen LogP contribution in [0.5, 0.6) is 5.75 Å². The zero-order valence-corrected chi connectivity index (χ0v) is 10.9. The molecular weight excluding hydrogens is 210 g/mol. The Morgan fingerprint density at radius 3 is 2.82 bits per heavy atom. The number of nitrogens with one attached hydrogen (secondary N) is 1. The van der Waals surface area contributed by atoms with Crippen LogP contribution in [-0.4, -0.2) is 13.7 Å². The van der Waals surface area contributed by atoms with Gasteiger partial charge in [0.25, 0.3) is 0 Å². The van der Waals surface area contributed by atoms with Crippen molar-refractivity contribution in [3.63, 3.8) is 0 Å². The second-order valence-electron chi connectivity index (χ2n) is 4.03. The second-order valence-corrected chi connectivity index (χ2v) is 4.03. The second kappa shape index (κ2) is 7.91. The van der Waals surface area contributed by atoms with Gasteiger partial charge in [-0.15, -0.1) is 6.58 Å². The van der Waals surface area contributed by atoms with E-state index in [1.54, 1.807) is 0 Å². The highest BCUT2D eigenvalue weighted by atomic mass is 16.5. The Hall–Kier alpha value is -1.28. The summed E-state index contributed by atoms with van der Waals surface area (Å²) in [6, 6.07) is 8.62. The molecule has 0 saturated heterocycles. The van der Waals surface area contributed by atoms with Crippen molar-refractivity contribution in [3.05, 3.63) is 42.5 Å². The van der Waals surface area contributed by atoms with Crippen LogP contribution in [0.1, 0.15) is 37.8 Å². The first-order valence-corrected chi connectivity index (χ1v) is 6.33. The molecule has 1 N–H and O–H groups in total. The fourth-order valence-corrected chi connectivity index (χ4v) is 1.98. The average molecular weight is 233 g/mol. The van der Waals surface area contributed by atoms with Crippen molar-refractivity contribution in [2.45, 2.75) is 32.2 Å². The highest BCUT2D eigenvalue weighted by molar-refractivity contribution is 5.35. The molecule has 0 heterocycles. The van der Waals surface area contributed by atoms with E-state index in [4.69, 9.17) is 4.74 Å². The number of unbranched alkanes of at least 4 members (excludes halogenated alkanes) is 1. The monoisotopic (exact) mass is 233 g/mol. The van der Waals surface area contributed by atoms with Crippen LogP contribution in [-0.2, 0) is 0 Å². The van der Waals surface area contributed by atoms with Gasteiger partial charge in [-0.1, -0.05) is 24.3 Å². The normalized spacial score (nSPS) is 12.1. The van der Waals surface area contributed by atoms with E-state index in [9.17, 15) is 0 Å². The maximum atomic E-state index is 5.67. The standard InChI is InChI=1S/C15H23NO/c1-4-6-7-11-14(16-3)13-10-8-9-12-15(13)17-5-2/h4,8-10,12,14,16H,1,5-7,11H2,2-3H3. The van der Waals surface area contributed by atoms with Crippen LogP contribution in [0.3, 0.4) is 0 Å². The van der Waals surface area contributed by atoms with Gasteiger partial charge in [0.05, 0.1) is 6.61 Å². The van der Waals surface area contributed by atoms with Crippen molar-refractivity contribution >= 4 is 0 Å². The lowest BCUT2D eigenvalue weighted by molar-refractivity contribution is 0.330. The maximum absolute atomic E-state index is 5.67. The number of rotatable bonds is 8. The first-order valence-electron chi connectivity index (χ1n) is 6.33. The van der Waals surface area contributed by atoms with Gasteiger partial charge in [0.1, 0.15) is 5.75 Å². The number of hydrogen-bond acceptors (Lipinski definition) is 2. The zero-order valence-electron chi connectivity index (χ0n) is 10.9. The molecule has 2 heteroatoms. The van der Waals surface area contributed by atoms with Crippen LogP contribution < -0.4 is 10.1 Å². The maximum Gasteiger partial charge on any atom is 0.124 e. The van der Waals surface area contributed by atoms with Crippen molar-refractivity contribution < 1.29 is 4.74 Å². The van der Waals surface area contributed by atoms with Crippen LogP contribution in [0.2, 0.25) is 0 Å². The molecule has 1 rings (SSSR count). The minimum absolute atomic E-state index is 0.359. The molecule has 0 radical (unpaired) electrons. The first-order chi connectivity index (χ1) is 8.33. The molecule has 0 aliphatic carbocycles. The molecule has 0 fully saturated rings. The Bertz CT molecular complexity index is 335. The SMILES string of the molecule is C=CCCCC(NC)c1ccccc1OCC. The fourth-order valence-electron chi connectivity index (χ4n) is 1.98. The van der Waals surface area contributed by atoms with Crippen LogP contribution >= 0.6 is 0 Å². The van der Waals surface area contributed by atoms with Gasteiger partial charge < -0.3 is 10.1 Å². The van der Waals surface area contributed by atoms with Crippen LogP contribution in [0.15, 0.2) is 36.9 Å². The van der Waals surface area contributed by atoms with E-state index >= 15 is 0 Å². The summed E-state index contributed by atoms with van der Waals surface area (Å²) in [5.74, 6) is 0.993. The van der Waals surface area contributed by atoms with Gasteiger partial charge in [-0.25, -0.2) is 0 Å². The molecular formula is C15H23NO. The van der Waals surface area contributed by atoms with Crippen LogP contribution in [0, 0.1) is 0 Å². The van der Waals surface area contributed by atoms with Crippen LogP contribution in [0.4, 0.5) is 0 Å². The van der Waals surface area contributed by atoms with E-state index in [-0.39, 0.29) is 0 Å². The Labute approximate surface area is 105 Å². The summed E-state index contributed by atoms with van der Waals surface area (Å²) in [7, 11) is 2.00. The molecule has 1 aromatic rings. The summed E-state index contributed by atoms with van der Waals surface area (Å²) in [6.45, 7) is 6.48. The zero-order chi connectivity index (χ0) is 12.5. The van der Waals surface area contributed by atoms with Crippen molar-refractivity contribution in [2.24, 2.45) is 0 Å². The molecule has 94 valence electrons. The van der Waals surface area contributed by atoms with Crippen molar-refractivity contribution in [1.82, 2.24) is 5.32 Å². The number of para-hydroxylation sites is 1. The molecule has 0 amide bonds. The summed E-state index contributed by atoms with van der Waals surface area (Å²) in [4.78, 5) is 0. The number of allylic oxidation sites excluding steroid dienone is 1. The Balaban J connectivity index is 2.75. The molecule has 0 saturated carbocycles. The smallest absolute Gasteiger partial charge is 0.124 e. The molecule has 1 aromatic carbocycles. The Kier molecular flexibility index (Phi) is 6.41. The van der Waals surface area contributed by atoms with Gasteiger partial charge in [-0.3, -0.25) is 0 Å². The number of hydrogen-bond donors (Lipinski definition) is 1. The highest BCUT2D eigenvalue weighted by Crippen LogP contribution is 2.28. The van der Waals surface area contributed by atoms with E-state index in [0.29, 0.717) is 12.6 Å². The molecule has 0 aliphatic rings. The topological polar surface area (TPSA) is 21.3 Å². The summed E-state index contributed by atoms with van der Waals surface area (Å²) in [6.07, 6.45) is 5.29. The van der Waals surface area contributed by atoms with E-state index in [0.717, 1.165) is 25.0 Å². The lowest BCUT2D eigenvalue weighted by atomic mass is 10.00. The molecule has 0 spiro atoms. The highest BCUT2D eigenvalue weighted by Gasteiger charge is 2.13. The summed E-state index contributed by atoms with van der Waals surface area (Å²) < 4.78 is 5.67. The molecule has 0 aromatic heterocycles. The molecule has 0 aliphatic heterocycles. The average Bonchev–Trinajstić information content (AvgIpc) is 2.36.